The SMILES string of the molecule is CC(C)(C)OC(=O)c1ccc([I+]c2ccc(C(=O)OC(C)(C)C)o2)o1.Fc1c(F)c(F)c([B-](c2c(F)c(F)c(F)c(F)c2F)(c2c(F)c(F)c(F)c(F)c2F)c2c(F)c(F)c(F)c(F)c2F)c(F)c1F. The van der Waals surface area contributed by atoms with Gasteiger partial charge < -0.3 is 18.3 Å². The first-order valence-corrected chi connectivity index (χ1v) is 20.8. The molecule has 0 fully saturated rings. The molecule has 0 aliphatic carbocycles. The summed E-state index contributed by atoms with van der Waals surface area (Å²) in [6, 6.07) is 6.62. The minimum absolute atomic E-state index is 0.156. The predicted octanol–water partition coefficient (Wildman–Crippen LogP) is 6.76. The largest absolute Gasteiger partial charge is 0.454 e. The number of hydrogen-bond acceptors (Lipinski definition) is 6. The fraction of sp³-hybridized carbons (Fsp3) is 0.190. The van der Waals surface area contributed by atoms with Gasteiger partial charge in [0.1, 0.15) is 63.9 Å². The highest BCUT2D eigenvalue weighted by molar-refractivity contribution is 7.20. The van der Waals surface area contributed by atoms with Crippen LogP contribution in [0.15, 0.2) is 33.1 Å². The summed E-state index contributed by atoms with van der Waals surface area (Å²) >= 11 is -0.798. The van der Waals surface area contributed by atoms with Gasteiger partial charge in [0.05, 0.1) is 0 Å². The first-order valence-electron chi connectivity index (χ1n) is 18.7. The molecule has 6 rings (SSSR count). The quantitative estimate of drug-likeness (QED) is 0.0420. The van der Waals surface area contributed by atoms with Crippen molar-refractivity contribution in [2.45, 2.75) is 52.7 Å². The molecule has 28 heteroatoms. The van der Waals surface area contributed by atoms with Gasteiger partial charge in [0.2, 0.25) is 11.5 Å². The predicted molar refractivity (Wildman–Crippen MR) is 194 cm³/mol. The van der Waals surface area contributed by atoms with E-state index in [0.717, 1.165) is 0 Å². The summed E-state index contributed by atoms with van der Waals surface area (Å²) in [4.78, 5) is 23.9. The fourth-order valence-electron chi connectivity index (χ4n) is 6.57. The molecule has 6 nitrogen and oxygen atoms in total. The van der Waals surface area contributed by atoms with E-state index in [9.17, 15) is 62.3 Å². The summed E-state index contributed by atoms with van der Waals surface area (Å²) in [6.07, 6.45) is -7.22. The van der Waals surface area contributed by atoms with Crippen LogP contribution in [-0.4, -0.2) is 29.3 Å². The van der Waals surface area contributed by atoms with Crippen LogP contribution in [-0.2, 0) is 9.47 Å². The van der Waals surface area contributed by atoms with Gasteiger partial charge in [-0.15, -0.1) is 21.9 Å². The third-order valence-electron chi connectivity index (χ3n) is 9.24. The van der Waals surface area contributed by atoms with Crippen molar-refractivity contribution in [3.8, 4) is 0 Å². The zero-order valence-corrected chi connectivity index (χ0v) is 37.4. The van der Waals surface area contributed by atoms with Crippen molar-refractivity contribution in [3.05, 3.63) is 160 Å². The molecule has 2 aromatic heterocycles. The van der Waals surface area contributed by atoms with E-state index in [1.54, 1.807) is 65.8 Å². The van der Waals surface area contributed by atoms with Crippen molar-refractivity contribution >= 4 is 39.9 Å². The summed E-state index contributed by atoms with van der Waals surface area (Å²) in [5.74, 6) is -72.1. The Labute approximate surface area is 388 Å². The normalized spacial score (nSPS) is 12.0. The highest BCUT2D eigenvalue weighted by Crippen LogP contribution is 2.31. The maximum absolute atomic E-state index is 15.4. The second-order valence-electron chi connectivity index (χ2n) is 16.1. The average Bonchev–Trinajstić information content (AvgIpc) is 3.96. The van der Waals surface area contributed by atoms with E-state index < -0.39 is 189 Å². The third kappa shape index (κ3) is 9.65. The molecule has 0 spiro atoms. The standard InChI is InChI=1S/C24BF20.C18H22IO6/c26-5-1(6(27)14(35)21(42)13(5)34)25(2-7(28)15(36)22(43)16(37)8(2)29,3-9(30)17(38)23(44)18(39)10(3)31)4-11(32)19(40)24(45)20(41)12(4)33;1-17(2,3)24-15(20)11-7-9-13(22-11)19-14-10-8-12(23-14)16(21)25-18(4,5)6/h;7-10H,1-6H3/q-1;+1. The Morgan fingerprint density at radius 2 is 0.543 bits per heavy atom. The Hall–Kier alpha value is -6.23. The van der Waals surface area contributed by atoms with E-state index in [1.165, 1.54) is 0 Å². The number of esters is 2. The van der Waals surface area contributed by atoms with Gasteiger partial charge in [0.15, 0.2) is 69.8 Å². The Morgan fingerprint density at radius 3 is 0.729 bits per heavy atom. The number of carbonyl (C=O) groups excluding carboxylic acids is 2. The van der Waals surface area contributed by atoms with Crippen molar-refractivity contribution < 1.29 is 137 Å². The molecule has 0 unspecified atom stereocenters. The third-order valence-corrected chi connectivity index (χ3v) is 11.5. The van der Waals surface area contributed by atoms with Crippen LogP contribution in [0, 0.1) is 124 Å². The Bertz CT molecular complexity index is 2660. The highest BCUT2D eigenvalue weighted by Gasteiger charge is 2.52. The van der Waals surface area contributed by atoms with Crippen molar-refractivity contribution in [2.24, 2.45) is 0 Å². The minimum Gasteiger partial charge on any atom is -0.454 e. The van der Waals surface area contributed by atoms with Gasteiger partial charge in [-0.25, -0.2) is 97.4 Å². The van der Waals surface area contributed by atoms with Crippen molar-refractivity contribution in [2.75, 3.05) is 0 Å². The molecule has 2 heterocycles. The van der Waals surface area contributed by atoms with Crippen molar-refractivity contribution in [1.29, 1.82) is 0 Å². The van der Waals surface area contributed by atoms with E-state index in [4.69, 9.17) is 18.3 Å². The molecule has 0 saturated carbocycles. The van der Waals surface area contributed by atoms with Crippen molar-refractivity contribution in [3.63, 3.8) is 0 Å². The molecule has 0 aliphatic heterocycles. The number of furan rings is 2. The van der Waals surface area contributed by atoms with Crippen molar-refractivity contribution in [1.82, 2.24) is 0 Å². The van der Waals surface area contributed by atoms with E-state index in [2.05, 4.69) is 0 Å². The van der Waals surface area contributed by atoms with Crippen LogP contribution in [0.25, 0.3) is 0 Å². The minimum atomic E-state index is -7.22. The van der Waals surface area contributed by atoms with Crippen LogP contribution in [0.3, 0.4) is 0 Å². The summed E-state index contributed by atoms with van der Waals surface area (Å²) in [6.45, 7) is 10.8. The number of rotatable bonds is 8. The van der Waals surface area contributed by atoms with Crippen LogP contribution in [0.5, 0.6) is 0 Å². The molecule has 376 valence electrons. The number of ether oxygens (including phenoxy) is 2. The van der Waals surface area contributed by atoms with Crippen LogP contribution < -0.4 is 43.1 Å². The van der Waals surface area contributed by atoms with Crippen LogP contribution in [0.4, 0.5) is 87.8 Å². The smallest absolute Gasteiger partial charge is 0.443 e. The lowest BCUT2D eigenvalue weighted by molar-refractivity contribution is -0.636. The maximum atomic E-state index is 15.4. The number of hydrogen-bond donors (Lipinski definition) is 0. The lowest BCUT2D eigenvalue weighted by Gasteiger charge is -2.44. The van der Waals surface area contributed by atoms with Crippen LogP contribution in [0.1, 0.15) is 62.7 Å². The van der Waals surface area contributed by atoms with Crippen LogP contribution >= 0.6 is 0 Å². The molecule has 6 aromatic rings. The van der Waals surface area contributed by atoms with Gasteiger partial charge in [-0.1, -0.05) is 0 Å². The first kappa shape index (κ1) is 54.7. The molecule has 4 aromatic carbocycles. The highest BCUT2D eigenvalue weighted by atomic mass is 127. The topological polar surface area (TPSA) is 78.9 Å². The summed E-state index contributed by atoms with van der Waals surface area (Å²) in [5, 5.41) is 0. The second-order valence-corrected chi connectivity index (χ2v) is 18.8. The van der Waals surface area contributed by atoms with Crippen LogP contribution in [0.2, 0.25) is 0 Å². The van der Waals surface area contributed by atoms with E-state index >= 15 is 35.1 Å². The molecule has 0 bridgehead atoms. The number of halogens is 21. The summed E-state index contributed by atoms with van der Waals surface area (Å²) in [5.41, 5.74) is -15.5. The molecular weight excluding hydrogens is 1120 g/mol. The summed E-state index contributed by atoms with van der Waals surface area (Å²) < 4.78 is 317. The van der Waals surface area contributed by atoms with E-state index in [1.807, 2.05) is 0 Å². The maximum Gasteiger partial charge on any atom is 0.443 e. The average molecular weight is 1140 g/mol. The number of carbonyl (C=O) groups is 2. The Kier molecular flexibility index (Phi) is 15.3. The lowest BCUT2D eigenvalue weighted by atomic mass is 9.12. The first-order chi connectivity index (χ1) is 32.1. The van der Waals surface area contributed by atoms with Gasteiger partial charge >= 0.3 is 40.7 Å². The molecule has 70 heavy (non-hydrogen) atoms. The molecule has 0 radical (unpaired) electrons. The molecule has 0 aliphatic rings. The second kappa shape index (κ2) is 19.5. The zero-order valence-electron chi connectivity index (χ0n) is 35.3. The van der Waals surface area contributed by atoms with E-state index in [-0.39, 0.29) is 11.5 Å². The fourth-order valence-corrected chi connectivity index (χ4v) is 8.51. The Morgan fingerprint density at radius 1 is 0.357 bits per heavy atom. The summed E-state index contributed by atoms with van der Waals surface area (Å²) in [7, 11) is 0. The number of benzene rings is 4. The van der Waals surface area contributed by atoms with Gasteiger partial charge in [-0.2, -0.15) is 0 Å². The van der Waals surface area contributed by atoms with Gasteiger partial charge in [-0.05, 0) is 53.7 Å². The lowest BCUT2D eigenvalue weighted by Crippen LogP contribution is -3.61. The molecule has 0 atom stereocenters. The molecule has 0 saturated heterocycles. The van der Waals surface area contributed by atoms with Gasteiger partial charge in [0.25, 0.3) is 0 Å². The van der Waals surface area contributed by atoms with Gasteiger partial charge in [0, 0.05) is 12.1 Å². The molecular formula is C42H22BF20IO6. The zero-order chi connectivity index (χ0) is 53.2. The monoisotopic (exact) mass is 1140 g/mol. The Balaban J connectivity index is 0.000000308. The molecule has 0 amide bonds. The van der Waals surface area contributed by atoms with E-state index in [0.29, 0.717) is 7.53 Å². The molecule has 0 N–H and O–H groups in total. The van der Waals surface area contributed by atoms with Gasteiger partial charge in [-0.3, -0.25) is 0 Å².